The van der Waals surface area contributed by atoms with E-state index in [1.807, 2.05) is 6.07 Å². The Kier molecular flexibility index (Phi) is 3.19. The van der Waals surface area contributed by atoms with Crippen LogP contribution in [0.25, 0.3) is 0 Å². The molecule has 1 saturated heterocycles. The minimum atomic E-state index is -0.311. The summed E-state index contributed by atoms with van der Waals surface area (Å²) in [6.45, 7) is 3.44. The number of pyridine rings is 1. The van der Waals surface area contributed by atoms with Gasteiger partial charge in [0.1, 0.15) is 0 Å². The zero-order chi connectivity index (χ0) is 11.5. The zero-order valence-electron chi connectivity index (χ0n) is 9.52. The van der Waals surface area contributed by atoms with E-state index >= 15 is 0 Å². The van der Waals surface area contributed by atoms with Crippen LogP contribution in [0.4, 0.5) is 0 Å². The summed E-state index contributed by atoms with van der Waals surface area (Å²) in [7, 11) is 0. The van der Waals surface area contributed by atoms with Crippen LogP contribution in [-0.2, 0) is 17.8 Å². The van der Waals surface area contributed by atoms with Gasteiger partial charge in [0, 0.05) is 12.7 Å². The van der Waals surface area contributed by atoms with Gasteiger partial charge < -0.3 is 10.6 Å². The van der Waals surface area contributed by atoms with Crippen molar-refractivity contribution in [2.75, 3.05) is 6.54 Å². The molecule has 0 radical (unpaired) electrons. The number of aromatic nitrogens is 1. The normalized spacial score (nSPS) is 20.5. The standard InChI is InChI=1S/C12H17N3O/c1-2-9-4-3-6-14-11(9)8-15-7-5-10(13)12(15)16/h3-4,6,10H,2,5,7-8,13H2,1H3. The second kappa shape index (κ2) is 4.61. The van der Waals surface area contributed by atoms with Crippen LogP contribution in [0.3, 0.4) is 0 Å². The van der Waals surface area contributed by atoms with E-state index in [2.05, 4.69) is 18.0 Å². The molecule has 1 atom stereocenters. The second-order valence-corrected chi connectivity index (χ2v) is 4.12. The lowest BCUT2D eigenvalue weighted by Crippen LogP contribution is -2.34. The van der Waals surface area contributed by atoms with E-state index in [1.54, 1.807) is 11.1 Å². The molecule has 4 nitrogen and oxygen atoms in total. The molecule has 1 fully saturated rings. The second-order valence-electron chi connectivity index (χ2n) is 4.12. The van der Waals surface area contributed by atoms with Gasteiger partial charge >= 0.3 is 0 Å². The summed E-state index contributed by atoms with van der Waals surface area (Å²) < 4.78 is 0. The molecular weight excluding hydrogens is 202 g/mol. The number of hydrogen-bond donors (Lipinski definition) is 1. The molecule has 2 N–H and O–H groups in total. The molecule has 0 aromatic carbocycles. The summed E-state index contributed by atoms with van der Waals surface area (Å²) in [4.78, 5) is 17.8. The van der Waals surface area contributed by atoms with Crippen molar-refractivity contribution in [3.05, 3.63) is 29.6 Å². The van der Waals surface area contributed by atoms with Crippen molar-refractivity contribution in [1.29, 1.82) is 0 Å². The summed E-state index contributed by atoms with van der Waals surface area (Å²) in [6, 6.07) is 3.68. The van der Waals surface area contributed by atoms with Gasteiger partial charge in [0.25, 0.3) is 0 Å². The van der Waals surface area contributed by atoms with Crippen molar-refractivity contribution in [1.82, 2.24) is 9.88 Å². The first-order valence-corrected chi connectivity index (χ1v) is 5.69. The van der Waals surface area contributed by atoms with E-state index in [9.17, 15) is 4.79 Å². The molecule has 1 aliphatic rings. The molecule has 2 rings (SSSR count). The highest BCUT2D eigenvalue weighted by atomic mass is 16.2. The van der Waals surface area contributed by atoms with Crippen molar-refractivity contribution in [3.63, 3.8) is 0 Å². The molecule has 0 saturated carbocycles. The Morgan fingerprint density at radius 3 is 3.06 bits per heavy atom. The van der Waals surface area contributed by atoms with Crippen LogP contribution < -0.4 is 5.73 Å². The molecule has 0 spiro atoms. The number of hydrogen-bond acceptors (Lipinski definition) is 3. The lowest BCUT2D eigenvalue weighted by molar-refractivity contribution is -0.129. The lowest BCUT2D eigenvalue weighted by atomic mass is 10.1. The minimum absolute atomic E-state index is 0.0488. The smallest absolute Gasteiger partial charge is 0.239 e. The van der Waals surface area contributed by atoms with Crippen molar-refractivity contribution in [3.8, 4) is 0 Å². The highest BCUT2D eigenvalue weighted by Crippen LogP contribution is 2.15. The summed E-state index contributed by atoms with van der Waals surface area (Å²) in [5.41, 5.74) is 7.88. The Labute approximate surface area is 95.5 Å². The van der Waals surface area contributed by atoms with Gasteiger partial charge in [-0.15, -0.1) is 0 Å². The average Bonchev–Trinajstić information content (AvgIpc) is 2.62. The molecule has 2 heterocycles. The van der Waals surface area contributed by atoms with Crippen LogP contribution >= 0.6 is 0 Å². The summed E-state index contributed by atoms with van der Waals surface area (Å²) >= 11 is 0. The molecule has 1 unspecified atom stereocenters. The number of aryl methyl sites for hydroxylation is 1. The summed E-state index contributed by atoms with van der Waals surface area (Å²) in [5, 5.41) is 0. The molecule has 1 aromatic rings. The Morgan fingerprint density at radius 2 is 2.44 bits per heavy atom. The summed E-state index contributed by atoms with van der Waals surface area (Å²) in [6.07, 6.45) is 3.47. The first-order valence-electron chi connectivity index (χ1n) is 5.69. The number of nitrogens with zero attached hydrogens (tertiary/aromatic N) is 2. The Bertz CT molecular complexity index is 392. The van der Waals surface area contributed by atoms with Gasteiger partial charge in [0.05, 0.1) is 18.3 Å². The Balaban J connectivity index is 2.12. The fourth-order valence-electron chi connectivity index (χ4n) is 2.04. The predicted octanol–water partition coefficient (Wildman–Crippen LogP) is 0.704. The van der Waals surface area contributed by atoms with Gasteiger partial charge in [-0.2, -0.15) is 0 Å². The summed E-state index contributed by atoms with van der Waals surface area (Å²) in [5.74, 6) is 0.0488. The van der Waals surface area contributed by atoms with Crippen LogP contribution in [0.15, 0.2) is 18.3 Å². The predicted molar refractivity (Wildman–Crippen MR) is 61.6 cm³/mol. The lowest BCUT2D eigenvalue weighted by Gasteiger charge is -2.17. The third-order valence-corrected chi connectivity index (χ3v) is 3.04. The minimum Gasteiger partial charge on any atom is -0.335 e. The topological polar surface area (TPSA) is 59.2 Å². The maximum Gasteiger partial charge on any atom is 0.239 e. The van der Waals surface area contributed by atoms with E-state index < -0.39 is 0 Å². The van der Waals surface area contributed by atoms with Crippen molar-refractivity contribution in [2.24, 2.45) is 5.73 Å². The van der Waals surface area contributed by atoms with Gasteiger partial charge in [0.15, 0.2) is 0 Å². The number of nitrogens with two attached hydrogens (primary N) is 1. The molecular formula is C12H17N3O. The molecule has 16 heavy (non-hydrogen) atoms. The first-order chi connectivity index (χ1) is 7.72. The van der Waals surface area contributed by atoms with E-state index in [0.717, 1.165) is 25.1 Å². The van der Waals surface area contributed by atoms with Gasteiger partial charge in [-0.25, -0.2) is 0 Å². The Morgan fingerprint density at radius 1 is 1.62 bits per heavy atom. The van der Waals surface area contributed by atoms with E-state index in [0.29, 0.717) is 6.54 Å². The quantitative estimate of drug-likeness (QED) is 0.814. The fraction of sp³-hybridized carbons (Fsp3) is 0.500. The molecule has 1 aliphatic heterocycles. The van der Waals surface area contributed by atoms with Gasteiger partial charge in [-0.05, 0) is 24.5 Å². The van der Waals surface area contributed by atoms with Crippen molar-refractivity contribution in [2.45, 2.75) is 32.4 Å². The van der Waals surface area contributed by atoms with Crippen LogP contribution in [0.1, 0.15) is 24.6 Å². The maximum atomic E-state index is 11.7. The first kappa shape index (κ1) is 11.1. The monoisotopic (exact) mass is 219 g/mol. The number of carbonyl (C=O) groups is 1. The molecule has 0 aliphatic carbocycles. The third kappa shape index (κ3) is 2.07. The van der Waals surface area contributed by atoms with E-state index in [1.165, 1.54) is 5.56 Å². The zero-order valence-corrected chi connectivity index (χ0v) is 9.52. The Hall–Kier alpha value is -1.42. The fourth-order valence-corrected chi connectivity index (χ4v) is 2.04. The van der Waals surface area contributed by atoms with Gasteiger partial charge in [-0.1, -0.05) is 13.0 Å². The number of likely N-dealkylation sites (tertiary alicyclic amines) is 1. The van der Waals surface area contributed by atoms with Crippen LogP contribution in [0.2, 0.25) is 0 Å². The van der Waals surface area contributed by atoms with Gasteiger partial charge in [-0.3, -0.25) is 9.78 Å². The number of amides is 1. The highest BCUT2D eigenvalue weighted by Gasteiger charge is 2.28. The van der Waals surface area contributed by atoms with Crippen LogP contribution in [0, 0.1) is 0 Å². The molecule has 1 aromatic heterocycles. The molecule has 0 bridgehead atoms. The molecule has 4 heteroatoms. The maximum absolute atomic E-state index is 11.7. The number of carbonyl (C=O) groups excluding carboxylic acids is 1. The van der Waals surface area contributed by atoms with E-state index in [4.69, 9.17) is 5.73 Å². The van der Waals surface area contributed by atoms with Gasteiger partial charge in [0.2, 0.25) is 5.91 Å². The molecule has 1 amide bonds. The largest absolute Gasteiger partial charge is 0.335 e. The SMILES string of the molecule is CCc1cccnc1CN1CCC(N)C1=O. The van der Waals surface area contributed by atoms with Crippen molar-refractivity contribution >= 4 is 5.91 Å². The van der Waals surface area contributed by atoms with Crippen LogP contribution in [-0.4, -0.2) is 28.4 Å². The van der Waals surface area contributed by atoms with E-state index in [-0.39, 0.29) is 11.9 Å². The van der Waals surface area contributed by atoms with Crippen molar-refractivity contribution < 1.29 is 4.79 Å². The van der Waals surface area contributed by atoms with Crippen LogP contribution in [0.5, 0.6) is 0 Å². The number of rotatable bonds is 3. The molecule has 86 valence electrons. The third-order valence-electron chi connectivity index (χ3n) is 3.04. The average molecular weight is 219 g/mol. The highest BCUT2D eigenvalue weighted by molar-refractivity contribution is 5.83.